The first kappa shape index (κ1) is 28.1. The summed E-state index contributed by atoms with van der Waals surface area (Å²) in [6.07, 6.45) is 0.958. The molecule has 4 heterocycles. The maximum atomic E-state index is 13.6. The average molecular weight is 603 g/mol. The van der Waals surface area contributed by atoms with Crippen LogP contribution < -0.4 is 31.5 Å². The smallest absolute Gasteiger partial charge is 0.349 e. The average Bonchev–Trinajstić information content (AvgIpc) is 3.05. The maximum Gasteiger partial charge on any atom is 0.349 e. The van der Waals surface area contributed by atoms with Crippen molar-refractivity contribution >= 4 is 39.8 Å². The predicted octanol–water partition coefficient (Wildman–Crippen LogP) is 5.09. The molecular weight excluding hydrogens is 572 g/mol. The maximum absolute atomic E-state index is 13.6. The van der Waals surface area contributed by atoms with Gasteiger partial charge < -0.3 is 29.3 Å². The monoisotopic (exact) mass is 602 g/mol. The van der Waals surface area contributed by atoms with Gasteiger partial charge in [-0.1, -0.05) is 36.4 Å². The van der Waals surface area contributed by atoms with E-state index in [-0.39, 0.29) is 23.0 Å². The summed E-state index contributed by atoms with van der Waals surface area (Å²) < 4.78 is 12.7. The Morgan fingerprint density at radius 3 is 2.49 bits per heavy atom. The zero-order valence-corrected chi connectivity index (χ0v) is 24.5. The van der Waals surface area contributed by atoms with Crippen molar-refractivity contribution in [3.05, 3.63) is 129 Å². The zero-order valence-electron chi connectivity index (χ0n) is 24.5. The first-order valence-electron chi connectivity index (χ1n) is 14.8. The van der Waals surface area contributed by atoms with E-state index >= 15 is 0 Å². The van der Waals surface area contributed by atoms with Gasteiger partial charge in [0.25, 0.3) is 17.4 Å². The molecule has 2 aliphatic heterocycles. The van der Waals surface area contributed by atoms with E-state index in [1.165, 1.54) is 13.2 Å². The number of pyridine rings is 1. The van der Waals surface area contributed by atoms with Gasteiger partial charge in [-0.05, 0) is 60.9 Å². The van der Waals surface area contributed by atoms with Crippen LogP contribution in [0, 0.1) is 5.92 Å². The fourth-order valence-corrected chi connectivity index (χ4v) is 6.50. The number of carbonyl (C=O) groups excluding carboxylic acids is 2. The number of fused-ring (bicyclic) bond motifs is 5. The van der Waals surface area contributed by atoms with Crippen LogP contribution in [0.15, 0.2) is 105 Å². The molecule has 7 rings (SSSR count). The van der Waals surface area contributed by atoms with Crippen molar-refractivity contribution in [1.29, 1.82) is 0 Å². The van der Waals surface area contributed by atoms with Gasteiger partial charge in [-0.15, -0.1) is 0 Å². The molecule has 3 aromatic carbocycles. The van der Waals surface area contributed by atoms with E-state index < -0.39 is 17.4 Å². The number of nitrogens with one attached hydrogen (secondary N) is 2. The lowest BCUT2D eigenvalue weighted by Gasteiger charge is -2.44. The van der Waals surface area contributed by atoms with E-state index in [2.05, 4.69) is 15.5 Å². The Morgan fingerprint density at radius 1 is 0.822 bits per heavy atom. The van der Waals surface area contributed by atoms with Gasteiger partial charge in [0, 0.05) is 48.3 Å². The number of rotatable bonds is 6. The number of benzene rings is 3. The van der Waals surface area contributed by atoms with Crippen molar-refractivity contribution in [3.8, 4) is 5.75 Å². The highest BCUT2D eigenvalue weighted by atomic mass is 16.5. The van der Waals surface area contributed by atoms with Crippen LogP contribution in [0.3, 0.4) is 0 Å². The summed E-state index contributed by atoms with van der Waals surface area (Å²) in [5.74, 6) is -0.182. The van der Waals surface area contributed by atoms with Crippen LogP contribution in [0.1, 0.15) is 38.7 Å². The minimum atomic E-state index is -0.757. The Morgan fingerprint density at radius 2 is 1.62 bits per heavy atom. The largest absolute Gasteiger partial charge is 0.495 e. The SMILES string of the molecule is COc1ccccc1NC(=O)c1ccc(N2CC3CC(C2)c2cccc(=O)n2C3)c(NC(=O)c2cc3ccccc3oc2=O)c1. The summed E-state index contributed by atoms with van der Waals surface area (Å²) in [7, 11) is 1.53. The lowest BCUT2D eigenvalue weighted by atomic mass is 9.83. The molecule has 2 atom stereocenters. The molecule has 226 valence electrons. The number of carbonyl (C=O) groups is 2. The number of anilines is 3. The third kappa shape index (κ3) is 5.35. The van der Waals surface area contributed by atoms with Gasteiger partial charge in [0.15, 0.2) is 0 Å². The Labute approximate surface area is 257 Å². The van der Waals surface area contributed by atoms with Crippen molar-refractivity contribution in [1.82, 2.24) is 4.57 Å². The summed E-state index contributed by atoms with van der Waals surface area (Å²) in [5.41, 5.74) is 2.38. The first-order valence-corrected chi connectivity index (χ1v) is 14.8. The molecular formula is C35H30N4O6. The number of hydrogen-bond donors (Lipinski definition) is 2. The van der Waals surface area contributed by atoms with Crippen LogP contribution >= 0.6 is 0 Å². The Kier molecular flexibility index (Phi) is 7.17. The topological polar surface area (TPSA) is 123 Å². The molecule has 2 aliphatic rings. The van der Waals surface area contributed by atoms with Crippen molar-refractivity contribution in [2.75, 3.05) is 35.7 Å². The molecule has 0 radical (unpaired) electrons. The highest BCUT2D eigenvalue weighted by Crippen LogP contribution is 2.39. The second-order valence-electron chi connectivity index (χ2n) is 11.4. The normalized spacial score (nSPS) is 17.0. The van der Waals surface area contributed by atoms with Gasteiger partial charge in [-0.2, -0.15) is 0 Å². The number of methoxy groups -OCH3 is 1. The molecule has 10 nitrogen and oxygen atoms in total. The van der Waals surface area contributed by atoms with E-state index in [1.54, 1.807) is 66.7 Å². The number of aromatic nitrogens is 1. The van der Waals surface area contributed by atoms with Gasteiger partial charge >= 0.3 is 5.63 Å². The Hall–Kier alpha value is -5.64. The Bertz CT molecular complexity index is 2080. The molecule has 2 aromatic heterocycles. The molecule has 1 fully saturated rings. The molecule has 10 heteroatoms. The van der Waals surface area contributed by atoms with Crippen molar-refractivity contribution < 1.29 is 18.7 Å². The number of para-hydroxylation sites is 3. The van der Waals surface area contributed by atoms with Crippen LogP contribution in [0.25, 0.3) is 11.0 Å². The molecule has 45 heavy (non-hydrogen) atoms. The molecule has 2 amide bonds. The fourth-order valence-electron chi connectivity index (χ4n) is 6.50. The van der Waals surface area contributed by atoms with Crippen molar-refractivity contribution in [2.24, 2.45) is 5.92 Å². The number of amides is 2. The lowest BCUT2D eigenvalue weighted by molar-refractivity contribution is 0.101. The summed E-state index contributed by atoms with van der Waals surface area (Å²) in [4.78, 5) is 54.6. The molecule has 2 unspecified atom stereocenters. The molecule has 0 saturated carbocycles. The predicted molar refractivity (Wildman–Crippen MR) is 172 cm³/mol. The van der Waals surface area contributed by atoms with E-state index in [0.29, 0.717) is 59.0 Å². The van der Waals surface area contributed by atoms with E-state index in [4.69, 9.17) is 9.15 Å². The van der Waals surface area contributed by atoms with Gasteiger partial charge in [0.1, 0.15) is 16.9 Å². The molecule has 1 saturated heterocycles. The third-order valence-electron chi connectivity index (χ3n) is 8.57. The van der Waals surface area contributed by atoms with Gasteiger partial charge in [-0.25, -0.2) is 4.79 Å². The van der Waals surface area contributed by atoms with E-state index in [1.807, 2.05) is 22.8 Å². The van der Waals surface area contributed by atoms with E-state index in [9.17, 15) is 19.2 Å². The molecule has 2 bridgehead atoms. The van der Waals surface area contributed by atoms with E-state index in [0.717, 1.165) is 12.1 Å². The Balaban J connectivity index is 1.25. The second kappa shape index (κ2) is 11.5. The standard InChI is InChI=1S/C35H30N4O6/c1-44-31-11-5-3-8-26(31)36-33(41)23-13-14-29(38-18-21-15-24(20-38)28-9-6-12-32(40)39(28)19-21)27(17-23)37-34(42)25-16-22-7-2-4-10-30(22)45-35(25)43/h2-14,16-17,21,24H,15,18-20H2,1H3,(H,36,41)(H,37,42). The summed E-state index contributed by atoms with van der Waals surface area (Å²) >= 11 is 0. The van der Waals surface area contributed by atoms with Gasteiger partial charge in [0.2, 0.25) is 0 Å². The molecule has 5 aromatic rings. The highest BCUT2D eigenvalue weighted by molar-refractivity contribution is 6.10. The molecule has 0 spiro atoms. The van der Waals surface area contributed by atoms with Crippen molar-refractivity contribution in [2.45, 2.75) is 18.9 Å². The number of nitrogens with zero attached hydrogens (tertiary/aromatic N) is 2. The van der Waals surface area contributed by atoms with Crippen LogP contribution in [0.2, 0.25) is 0 Å². The third-order valence-corrected chi connectivity index (χ3v) is 8.57. The lowest BCUT2D eigenvalue weighted by Crippen LogP contribution is -2.47. The minimum Gasteiger partial charge on any atom is -0.495 e. The molecule has 2 N–H and O–H groups in total. The first-order chi connectivity index (χ1) is 21.9. The zero-order chi connectivity index (χ0) is 31.1. The summed E-state index contributed by atoms with van der Waals surface area (Å²) in [6, 6.07) is 26.1. The van der Waals surface area contributed by atoms with Crippen LogP contribution in [-0.4, -0.2) is 36.6 Å². The highest BCUT2D eigenvalue weighted by Gasteiger charge is 2.35. The number of hydrogen-bond acceptors (Lipinski definition) is 7. The summed E-state index contributed by atoms with van der Waals surface area (Å²) in [5, 5.41) is 6.40. The number of piperidine rings is 1. The van der Waals surface area contributed by atoms with Crippen LogP contribution in [-0.2, 0) is 6.54 Å². The summed E-state index contributed by atoms with van der Waals surface area (Å²) in [6.45, 7) is 1.89. The van der Waals surface area contributed by atoms with Crippen molar-refractivity contribution in [3.63, 3.8) is 0 Å². The minimum absolute atomic E-state index is 0.00299. The second-order valence-corrected chi connectivity index (χ2v) is 11.4. The molecule has 0 aliphatic carbocycles. The van der Waals surface area contributed by atoms with Crippen LogP contribution in [0.4, 0.5) is 17.1 Å². The number of ether oxygens (including phenoxy) is 1. The fraction of sp³-hybridized carbons (Fsp3) is 0.200. The van der Waals surface area contributed by atoms with Crippen LogP contribution in [0.5, 0.6) is 5.75 Å². The quantitative estimate of drug-likeness (QED) is 0.260. The van der Waals surface area contributed by atoms with Gasteiger partial charge in [-0.3, -0.25) is 14.4 Å². The van der Waals surface area contributed by atoms with Gasteiger partial charge in [0.05, 0.1) is 24.2 Å².